The summed E-state index contributed by atoms with van der Waals surface area (Å²) in [6.45, 7) is 3.60. The van der Waals surface area contributed by atoms with Crippen LogP contribution in [0.1, 0.15) is 23.2 Å². The van der Waals surface area contributed by atoms with Crippen LogP contribution in [0.2, 0.25) is 0 Å². The van der Waals surface area contributed by atoms with Crippen LogP contribution in [0.15, 0.2) is 12.3 Å². The van der Waals surface area contributed by atoms with Crippen LogP contribution in [-0.2, 0) is 9.47 Å². The Labute approximate surface area is 119 Å². The highest BCUT2D eigenvalue weighted by Gasteiger charge is 2.45. The second-order valence-electron chi connectivity index (χ2n) is 5.84. The molecule has 106 valence electrons. The first-order valence-electron chi connectivity index (χ1n) is 7.01. The minimum atomic E-state index is -0.316. The Hall–Kier alpha value is -1.56. The zero-order valence-electron chi connectivity index (χ0n) is 12.0. The van der Waals surface area contributed by atoms with Crippen molar-refractivity contribution in [3.05, 3.63) is 17.8 Å². The van der Waals surface area contributed by atoms with Gasteiger partial charge in [-0.25, -0.2) is 9.78 Å². The topological polar surface area (TPSA) is 51.7 Å². The third-order valence-electron chi connectivity index (χ3n) is 4.31. The molecule has 2 fully saturated rings. The van der Waals surface area contributed by atoms with Crippen LogP contribution in [-0.4, -0.2) is 52.2 Å². The van der Waals surface area contributed by atoms with E-state index in [1.165, 1.54) is 7.11 Å². The van der Waals surface area contributed by atoms with Gasteiger partial charge in [0.2, 0.25) is 0 Å². The first kappa shape index (κ1) is 13.4. The van der Waals surface area contributed by atoms with Gasteiger partial charge in [-0.3, -0.25) is 0 Å². The highest BCUT2D eigenvalue weighted by atomic mass is 16.5. The number of carbonyl (C=O) groups excluding carboxylic acids is 1. The molecule has 3 heterocycles. The van der Waals surface area contributed by atoms with Crippen LogP contribution in [0.25, 0.3) is 0 Å². The lowest BCUT2D eigenvalue weighted by molar-refractivity contribution is -0.000583. The number of nitrogens with zero attached hydrogens (tertiary/aromatic N) is 2. The van der Waals surface area contributed by atoms with Crippen LogP contribution >= 0.6 is 0 Å². The van der Waals surface area contributed by atoms with Crippen molar-refractivity contribution in [3.8, 4) is 0 Å². The van der Waals surface area contributed by atoms with Gasteiger partial charge in [0, 0.05) is 37.9 Å². The molecular formula is C14H19BN2O3. The Morgan fingerprint density at radius 1 is 1.45 bits per heavy atom. The molecule has 0 atom stereocenters. The van der Waals surface area contributed by atoms with Crippen molar-refractivity contribution in [1.29, 1.82) is 0 Å². The number of aromatic nitrogens is 1. The number of anilines is 1. The van der Waals surface area contributed by atoms with E-state index in [4.69, 9.17) is 9.47 Å². The fourth-order valence-corrected chi connectivity index (χ4v) is 3.11. The molecule has 1 aromatic heterocycles. The van der Waals surface area contributed by atoms with Gasteiger partial charge in [-0.15, -0.1) is 0 Å². The van der Waals surface area contributed by atoms with Crippen molar-refractivity contribution in [2.45, 2.75) is 12.8 Å². The van der Waals surface area contributed by atoms with E-state index in [2.05, 4.69) is 9.88 Å². The molecule has 0 aliphatic carbocycles. The number of carbonyl (C=O) groups is 1. The summed E-state index contributed by atoms with van der Waals surface area (Å²) < 4.78 is 10.3. The van der Waals surface area contributed by atoms with E-state index < -0.39 is 0 Å². The minimum absolute atomic E-state index is 0.316. The maximum absolute atomic E-state index is 11.9. The summed E-state index contributed by atoms with van der Waals surface area (Å²) in [6.07, 6.45) is 4.00. The molecule has 1 aromatic rings. The van der Waals surface area contributed by atoms with Gasteiger partial charge in [0.05, 0.1) is 7.11 Å². The fourth-order valence-electron chi connectivity index (χ4n) is 3.11. The van der Waals surface area contributed by atoms with E-state index in [0.717, 1.165) is 50.4 Å². The van der Waals surface area contributed by atoms with Crippen LogP contribution in [0.4, 0.5) is 5.82 Å². The molecule has 2 aliphatic rings. The Balaban J connectivity index is 1.80. The fraction of sp³-hybridized carbons (Fsp3) is 0.571. The van der Waals surface area contributed by atoms with Gasteiger partial charge >= 0.3 is 5.97 Å². The standard InChI is InChI=1S/C14H19BN2O3/c1-19-13(18)11-6-10(15)7-16-12(11)17-8-14(9-17)2-4-20-5-3-14/h6-7H,2-5,8-9,15H2,1H3. The van der Waals surface area contributed by atoms with Gasteiger partial charge in [0.1, 0.15) is 19.2 Å². The normalized spacial score (nSPS) is 20.6. The number of methoxy groups -OCH3 is 1. The monoisotopic (exact) mass is 274 g/mol. The molecule has 1 spiro atoms. The van der Waals surface area contributed by atoms with Gasteiger partial charge < -0.3 is 14.4 Å². The summed E-state index contributed by atoms with van der Waals surface area (Å²) in [5.41, 5.74) is 1.89. The van der Waals surface area contributed by atoms with Crippen LogP contribution in [0.5, 0.6) is 0 Å². The number of hydrogen-bond acceptors (Lipinski definition) is 5. The Bertz CT molecular complexity index is 521. The average Bonchev–Trinajstić information content (AvgIpc) is 2.45. The summed E-state index contributed by atoms with van der Waals surface area (Å²) in [7, 11) is 3.34. The maximum Gasteiger partial charge on any atom is 0.341 e. The predicted molar refractivity (Wildman–Crippen MR) is 78.5 cm³/mol. The van der Waals surface area contributed by atoms with E-state index in [0.29, 0.717) is 11.0 Å². The number of rotatable bonds is 2. The Morgan fingerprint density at radius 3 is 2.80 bits per heavy atom. The highest BCUT2D eigenvalue weighted by Crippen LogP contribution is 2.42. The molecule has 3 rings (SSSR count). The van der Waals surface area contributed by atoms with Crippen molar-refractivity contribution in [2.75, 3.05) is 38.3 Å². The maximum atomic E-state index is 11.9. The van der Waals surface area contributed by atoms with E-state index in [9.17, 15) is 4.79 Å². The molecule has 2 saturated heterocycles. The zero-order valence-corrected chi connectivity index (χ0v) is 12.0. The third-order valence-corrected chi connectivity index (χ3v) is 4.31. The van der Waals surface area contributed by atoms with Gasteiger partial charge in [-0.1, -0.05) is 5.46 Å². The largest absolute Gasteiger partial charge is 0.465 e. The molecule has 0 unspecified atom stereocenters. The van der Waals surface area contributed by atoms with Crippen molar-refractivity contribution in [1.82, 2.24) is 4.98 Å². The summed E-state index contributed by atoms with van der Waals surface area (Å²) >= 11 is 0. The molecule has 6 heteroatoms. The average molecular weight is 274 g/mol. The summed E-state index contributed by atoms with van der Waals surface area (Å²) in [4.78, 5) is 18.5. The second-order valence-corrected chi connectivity index (χ2v) is 5.84. The Morgan fingerprint density at radius 2 is 2.15 bits per heavy atom. The van der Waals surface area contributed by atoms with Crippen molar-refractivity contribution in [3.63, 3.8) is 0 Å². The first-order chi connectivity index (χ1) is 9.63. The molecule has 0 radical (unpaired) electrons. The van der Waals surface area contributed by atoms with Crippen molar-refractivity contribution >= 4 is 25.1 Å². The molecule has 20 heavy (non-hydrogen) atoms. The van der Waals surface area contributed by atoms with E-state index in [1.54, 1.807) is 6.20 Å². The lowest BCUT2D eigenvalue weighted by Gasteiger charge is -2.53. The van der Waals surface area contributed by atoms with E-state index in [-0.39, 0.29) is 5.97 Å². The zero-order chi connectivity index (χ0) is 14.2. The van der Waals surface area contributed by atoms with Crippen molar-refractivity contribution < 1.29 is 14.3 Å². The van der Waals surface area contributed by atoms with Crippen LogP contribution in [0, 0.1) is 5.41 Å². The number of hydrogen-bond donors (Lipinski definition) is 0. The summed E-state index contributed by atoms with van der Waals surface area (Å²) in [5, 5.41) is 0. The molecule has 0 amide bonds. The van der Waals surface area contributed by atoms with Gasteiger partial charge in [0.25, 0.3) is 0 Å². The van der Waals surface area contributed by atoms with E-state index in [1.807, 2.05) is 13.9 Å². The molecule has 5 nitrogen and oxygen atoms in total. The molecule has 2 aliphatic heterocycles. The summed E-state index contributed by atoms with van der Waals surface area (Å²) in [5.74, 6) is 0.434. The summed E-state index contributed by atoms with van der Waals surface area (Å²) in [6, 6.07) is 1.85. The predicted octanol–water partition coefficient (Wildman–Crippen LogP) is -0.257. The number of pyridine rings is 1. The first-order valence-corrected chi connectivity index (χ1v) is 7.01. The second kappa shape index (κ2) is 5.09. The lowest BCUT2D eigenvalue weighted by atomic mass is 9.73. The third kappa shape index (κ3) is 2.28. The van der Waals surface area contributed by atoms with Crippen molar-refractivity contribution in [2.24, 2.45) is 5.41 Å². The van der Waals surface area contributed by atoms with Gasteiger partial charge in [-0.05, 0) is 18.9 Å². The Kier molecular flexibility index (Phi) is 3.42. The highest BCUT2D eigenvalue weighted by molar-refractivity contribution is 6.32. The molecule has 0 aromatic carbocycles. The molecule has 0 N–H and O–H groups in total. The quantitative estimate of drug-likeness (QED) is 0.549. The lowest BCUT2D eigenvalue weighted by Crippen LogP contribution is -2.59. The minimum Gasteiger partial charge on any atom is -0.465 e. The van der Waals surface area contributed by atoms with E-state index >= 15 is 0 Å². The van der Waals surface area contributed by atoms with Crippen LogP contribution < -0.4 is 10.4 Å². The van der Waals surface area contributed by atoms with Gasteiger partial charge in [-0.2, -0.15) is 0 Å². The number of ether oxygens (including phenoxy) is 2. The smallest absolute Gasteiger partial charge is 0.341 e. The molecule has 0 saturated carbocycles. The SMILES string of the molecule is Bc1cnc(N2CC3(CCOCC3)C2)c(C(=O)OC)c1. The molecular weight excluding hydrogens is 255 g/mol. The molecule has 0 bridgehead atoms. The number of esters is 1. The van der Waals surface area contributed by atoms with Gasteiger partial charge in [0.15, 0.2) is 0 Å². The van der Waals surface area contributed by atoms with Crippen LogP contribution in [0.3, 0.4) is 0 Å².